The molecule has 30 heavy (non-hydrogen) atoms. The van der Waals surface area contributed by atoms with Gasteiger partial charge in [0, 0.05) is 31.2 Å². The summed E-state index contributed by atoms with van der Waals surface area (Å²) >= 11 is 0. The van der Waals surface area contributed by atoms with E-state index in [2.05, 4.69) is 10.3 Å². The number of rotatable bonds is 4. The summed E-state index contributed by atoms with van der Waals surface area (Å²) in [7, 11) is -3.54. The fraction of sp³-hybridized carbons (Fsp3) is 0.368. The Hall–Kier alpha value is -2.69. The first-order valence-electron chi connectivity index (χ1n) is 9.03. The van der Waals surface area contributed by atoms with Crippen LogP contribution in [0.25, 0.3) is 0 Å². The summed E-state index contributed by atoms with van der Waals surface area (Å²) in [5.41, 5.74) is -1.32. The monoisotopic (exact) mass is 445 g/mol. The molecule has 1 N–H and O–H groups in total. The molecule has 1 aromatic carbocycles. The Morgan fingerprint density at radius 2 is 1.87 bits per heavy atom. The number of nitrogens with one attached hydrogen (secondary N) is 1. The van der Waals surface area contributed by atoms with Gasteiger partial charge in [-0.05, 0) is 37.1 Å². The molecule has 0 aliphatic carbocycles. The molecule has 3 rings (SSSR count). The van der Waals surface area contributed by atoms with Gasteiger partial charge in [0.05, 0.1) is 16.0 Å². The van der Waals surface area contributed by atoms with Gasteiger partial charge in [0.25, 0.3) is 5.91 Å². The number of hydrogen-bond donors (Lipinski definition) is 1. The van der Waals surface area contributed by atoms with Crippen LogP contribution in [-0.4, -0.2) is 44.8 Å². The van der Waals surface area contributed by atoms with Crippen LogP contribution in [0, 0.1) is 0 Å². The number of pyridine rings is 1. The van der Waals surface area contributed by atoms with E-state index in [1.165, 1.54) is 24.3 Å². The van der Waals surface area contributed by atoms with Gasteiger partial charge in [0.1, 0.15) is 12.0 Å². The number of anilines is 2. The second-order valence-corrected chi connectivity index (χ2v) is 9.02. The molecular formula is C19H19F4N3O3S. The highest BCUT2D eigenvalue weighted by Gasteiger charge is 2.34. The highest BCUT2D eigenvalue weighted by Crippen LogP contribution is 2.33. The Labute approximate surface area is 170 Å². The summed E-state index contributed by atoms with van der Waals surface area (Å²) in [5, 5.41) is 2.43. The number of aromatic nitrogens is 1. The predicted molar refractivity (Wildman–Crippen MR) is 103 cm³/mol. The summed E-state index contributed by atoms with van der Waals surface area (Å²) in [5.74, 6) is -0.858. The quantitative estimate of drug-likeness (QED) is 0.727. The van der Waals surface area contributed by atoms with Gasteiger partial charge in [-0.2, -0.15) is 13.2 Å². The smallest absolute Gasteiger partial charge is 0.356 e. The average Bonchev–Trinajstić information content (AvgIpc) is 2.67. The predicted octanol–water partition coefficient (Wildman–Crippen LogP) is 3.69. The topological polar surface area (TPSA) is 79.4 Å². The number of carbonyl (C=O) groups excluding carboxylic acids is 1. The van der Waals surface area contributed by atoms with Crippen LogP contribution >= 0.6 is 0 Å². The first-order chi connectivity index (χ1) is 13.9. The van der Waals surface area contributed by atoms with Gasteiger partial charge in [-0.15, -0.1) is 0 Å². The lowest BCUT2D eigenvalue weighted by Gasteiger charge is -2.31. The van der Waals surface area contributed by atoms with Crippen LogP contribution in [0.15, 0.2) is 41.4 Å². The van der Waals surface area contributed by atoms with E-state index in [1.54, 1.807) is 4.90 Å². The van der Waals surface area contributed by atoms with Gasteiger partial charge in [-0.3, -0.25) is 4.79 Å². The molecule has 0 spiro atoms. The van der Waals surface area contributed by atoms with Crippen molar-refractivity contribution < 1.29 is 30.8 Å². The van der Waals surface area contributed by atoms with E-state index >= 15 is 0 Å². The second-order valence-electron chi connectivity index (χ2n) is 7.01. The SMILES string of the molecule is CS(=O)(=O)c1cccc(NC(=O)c2cc(C(F)(F)F)cnc2N2CCC(F)CC2)c1. The Bertz CT molecular complexity index is 1050. The third-order valence-electron chi connectivity index (χ3n) is 4.68. The molecular weight excluding hydrogens is 426 g/mol. The van der Waals surface area contributed by atoms with Crippen LogP contribution in [0.2, 0.25) is 0 Å². The van der Waals surface area contributed by atoms with E-state index in [1.807, 2.05) is 0 Å². The van der Waals surface area contributed by atoms with Crippen LogP contribution < -0.4 is 10.2 Å². The van der Waals surface area contributed by atoms with Crippen LogP contribution in [-0.2, 0) is 16.0 Å². The van der Waals surface area contributed by atoms with E-state index in [9.17, 15) is 30.8 Å². The Morgan fingerprint density at radius 1 is 1.20 bits per heavy atom. The Balaban J connectivity index is 1.96. The zero-order chi connectivity index (χ0) is 22.1. The molecule has 6 nitrogen and oxygen atoms in total. The number of piperidine rings is 1. The summed E-state index contributed by atoms with van der Waals surface area (Å²) < 4.78 is 76.3. The minimum Gasteiger partial charge on any atom is -0.356 e. The van der Waals surface area contributed by atoms with Gasteiger partial charge in [0.2, 0.25) is 0 Å². The first kappa shape index (κ1) is 22.0. The van der Waals surface area contributed by atoms with Crippen molar-refractivity contribution in [3.63, 3.8) is 0 Å². The highest BCUT2D eigenvalue weighted by molar-refractivity contribution is 7.90. The Kier molecular flexibility index (Phi) is 6.02. The van der Waals surface area contributed by atoms with E-state index in [4.69, 9.17) is 0 Å². The Morgan fingerprint density at radius 3 is 2.47 bits per heavy atom. The minimum absolute atomic E-state index is 0.0201. The van der Waals surface area contributed by atoms with Crippen molar-refractivity contribution in [2.75, 3.05) is 29.6 Å². The number of carbonyl (C=O) groups is 1. The molecule has 1 aromatic heterocycles. The van der Waals surface area contributed by atoms with Crippen molar-refractivity contribution in [1.29, 1.82) is 0 Å². The standard InChI is InChI=1S/C19H19F4N3O3S/c1-30(28,29)15-4-2-3-14(10-15)25-18(27)16-9-12(19(21,22)23)11-24-17(16)26-7-5-13(20)6-8-26/h2-4,9-11,13H,5-8H2,1H3,(H,25,27). The lowest BCUT2D eigenvalue weighted by Crippen LogP contribution is -2.36. The molecule has 0 unspecified atom stereocenters. The fourth-order valence-electron chi connectivity index (χ4n) is 3.09. The molecule has 2 aromatic rings. The van der Waals surface area contributed by atoms with E-state index in [0.29, 0.717) is 12.3 Å². The molecule has 1 aliphatic rings. The first-order valence-corrected chi connectivity index (χ1v) is 10.9. The van der Waals surface area contributed by atoms with Crippen LogP contribution in [0.4, 0.5) is 29.1 Å². The van der Waals surface area contributed by atoms with Gasteiger partial charge >= 0.3 is 6.18 Å². The van der Waals surface area contributed by atoms with Crippen molar-refractivity contribution in [2.24, 2.45) is 0 Å². The second kappa shape index (κ2) is 8.21. The lowest BCUT2D eigenvalue weighted by molar-refractivity contribution is -0.137. The third-order valence-corrected chi connectivity index (χ3v) is 5.79. The van der Waals surface area contributed by atoms with Gasteiger partial charge in [-0.25, -0.2) is 17.8 Å². The summed E-state index contributed by atoms with van der Waals surface area (Å²) in [6, 6.07) is 6.07. The maximum atomic E-state index is 13.4. The van der Waals surface area contributed by atoms with E-state index in [-0.39, 0.29) is 47.9 Å². The number of hydrogen-bond acceptors (Lipinski definition) is 5. The molecule has 0 radical (unpaired) electrons. The number of sulfone groups is 1. The van der Waals surface area contributed by atoms with Crippen LogP contribution in [0.5, 0.6) is 0 Å². The molecule has 2 heterocycles. The van der Waals surface area contributed by atoms with Crippen LogP contribution in [0.3, 0.4) is 0 Å². The number of alkyl halides is 4. The molecule has 1 fully saturated rings. The molecule has 11 heteroatoms. The van der Waals surface area contributed by atoms with Crippen molar-refractivity contribution in [2.45, 2.75) is 30.1 Å². The van der Waals surface area contributed by atoms with Crippen LogP contribution in [0.1, 0.15) is 28.8 Å². The number of benzene rings is 1. The third kappa shape index (κ3) is 5.07. The molecule has 162 valence electrons. The fourth-order valence-corrected chi connectivity index (χ4v) is 3.76. The van der Waals surface area contributed by atoms with Gasteiger partial charge < -0.3 is 10.2 Å². The van der Waals surface area contributed by atoms with Crippen molar-refractivity contribution in [1.82, 2.24) is 4.98 Å². The van der Waals surface area contributed by atoms with Gasteiger partial charge in [-0.1, -0.05) is 6.07 Å². The molecule has 0 atom stereocenters. The largest absolute Gasteiger partial charge is 0.417 e. The summed E-state index contributed by atoms with van der Waals surface area (Å²) in [4.78, 5) is 18.2. The number of nitrogens with zero attached hydrogens (tertiary/aromatic N) is 2. The minimum atomic E-state index is -4.71. The lowest BCUT2D eigenvalue weighted by atomic mass is 10.1. The number of halogens is 4. The molecule has 1 amide bonds. The molecule has 0 bridgehead atoms. The summed E-state index contributed by atoms with van der Waals surface area (Å²) in [6.45, 7) is 0.423. The maximum Gasteiger partial charge on any atom is 0.417 e. The highest BCUT2D eigenvalue weighted by atomic mass is 32.2. The maximum absolute atomic E-state index is 13.4. The molecule has 0 saturated carbocycles. The average molecular weight is 445 g/mol. The molecule has 1 saturated heterocycles. The normalized spacial score (nSPS) is 15.8. The summed E-state index contributed by atoms with van der Waals surface area (Å²) in [6.07, 6.45) is -3.72. The van der Waals surface area contributed by atoms with Crippen molar-refractivity contribution >= 4 is 27.2 Å². The zero-order valence-electron chi connectivity index (χ0n) is 15.9. The van der Waals surface area contributed by atoms with Crippen molar-refractivity contribution in [3.8, 4) is 0 Å². The van der Waals surface area contributed by atoms with E-state index in [0.717, 1.165) is 6.26 Å². The van der Waals surface area contributed by atoms with E-state index < -0.39 is 33.7 Å². The van der Waals surface area contributed by atoms with Crippen molar-refractivity contribution in [3.05, 3.63) is 47.7 Å². The number of amides is 1. The van der Waals surface area contributed by atoms with Gasteiger partial charge in [0.15, 0.2) is 9.84 Å². The zero-order valence-corrected chi connectivity index (χ0v) is 16.7. The molecule has 1 aliphatic heterocycles.